The van der Waals surface area contributed by atoms with Crippen LogP contribution in [0, 0.1) is 10.1 Å². The van der Waals surface area contributed by atoms with E-state index >= 15 is 0 Å². The van der Waals surface area contributed by atoms with Crippen molar-refractivity contribution in [3.63, 3.8) is 0 Å². The van der Waals surface area contributed by atoms with E-state index in [9.17, 15) is 19.7 Å². The molecule has 0 saturated heterocycles. The third-order valence-corrected chi connectivity index (χ3v) is 3.52. The molecule has 1 N–H and O–H groups in total. The van der Waals surface area contributed by atoms with Gasteiger partial charge in [0.05, 0.1) is 21.8 Å². The Hall–Kier alpha value is -3.22. The number of aromatic nitrogens is 1. The van der Waals surface area contributed by atoms with Crippen LogP contribution in [-0.2, 0) is 9.59 Å². The summed E-state index contributed by atoms with van der Waals surface area (Å²) in [5.41, 5.74) is 1.45. The minimum absolute atomic E-state index is 0.0732. The van der Waals surface area contributed by atoms with Gasteiger partial charge >= 0.3 is 0 Å². The molecule has 7 heteroatoms. The Labute approximate surface area is 125 Å². The van der Waals surface area contributed by atoms with Gasteiger partial charge in [-0.1, -0.05) is 0 Å². The van der Waals surface area contributed by atoms with Crippen LogP contribution in [-0.4, -0.2) is 33.7 Å². The van der Waals surface area contributed by atoms with E-state index in [1.54, 1.807) is 18.3 Å². The first-order valence-electron chi connectivity index (χ1n) is 6.46. The number of benzene rings is 1. The number of aromatic amines is 1. The van der Waals surface area contributed by atoms with Gasteiger partial charge in [0.1, 0.15) is 0 Å². The van der Waals surface area contributed by atoms with Gasteiger partial charge in [-0.25, -0.2) is 0 Å². The number of hydrogen-bond acceptors (Lipinski definition) is 4. The summed E-state index contributed by atoms with van der Waals surface area (Å²) in [6.45, 7) is 0. The Bertz CT molecular complexity index is 804. The number of nitrogens with one attached hydrogen (secondary N) is 1. The molecule has 1 aromatic carbocycles. The van der Waals surface area contributed by atoms with E-state index in [1.165, 1.54) is 31.3 Å². The third kappa shape index (κ3) is 1.99. The molecule has 0 atom stereocenters. The maximum Gasteiger partial charge on any atom is 0.269 e. The summed E-state index contributed by atoms with van der Waals surface area (Å²) in [6, 6.07) is 8.99. The van der Waals surface area contributed by atoms with E-state index in [1.807, 2.05) is 0 Å². The molecule has 0 aliphatic carbocycles. The van der Waals surface area contributed by atoms with Gasteiger partial charge in [0, 0.05) is 25.4 Å². The van der Waals surface area contributed by atoms with Gasteiger partial charge in [-0.3, -0.25) is 24.6 Å². The van der Waals surface area contributed by atoms with Crippen molar-refractivity contribution >= 4 is 28.6 Å². The molecule has 0 unspecified atom stereocenters. The number of carbonyl (C=O) groups is 2. The van der Waals surface area contributed by atoms with Crippen LogP contribution < -0.4 is 0 Å². The largest absolute Gasteiger partial charge is 0.361 e. The first kappa shape index (κ1) is 13.7. The minimum Gasteiger partial charge on any atom is -0.361 e. The van der Waals surface area contributed by atoms with Crippen LogP contribution >= 0.6 is 0 Å². The average molecular weight is 297 g/mol. The lowest BCUT2D eigenvalue weighted by Gasteiger charge is -2.06. The number of nitro groups is 1. The van der Waals surface area contributed by atoms with Gasteiger partial charge in [-0.15, -0.1) is 0 Å². The summed E-state index contributed by atoms with van der Waals surface area (Å²) in [6.07, 6.45) is 1.66. The van der Waals surface area contributed by atoms with Crippen molar-refractivity contribution in [2.24, 2.45) is 0 Å². The molecule has 0 bridgehead atoms. The van der Waals surface area contributed by atoms with Gasteiger partial charge in [-0.05, 0) is 29.8 Å². The smallest absolute Gasteiger partial charge is 0.269 e. The maximum absolute atomic E-state index is 12.3. The Morgan fingerprint density at radius 3 is 2.23 bits per heavy atom. The number of nitrogens with zero attached hydrogens (tertiary/aromatic N) is 2. The second-order valence-electron chi connectivity index (χ2n) is 4.81. The SMILES string of the molecule is CN1C(=O)C(c2ccc([N+](=O)[O-])cc2)=C(c2ccc[nH]2)C1=O. The van der Waals surface area contributed by atoms with E-state index in [2.05, 4.69) is 4.98 Å². The zero-order valence-electron chi connectivity index (χ0n) is 11.6. The van der Waals surface area contributed by atoms with Crippen LogP contribution in [0.1, 0.15) is 11.3 Å². The second-order valence-corrected chi connectivity index (χ2v) is 4.81. The second kappa shape index (κ2) is 4.96. The van der Waals surface area contributed by atoms with Gasteiger partial charge in [0.2, 0.25) is 0 Å². The molecule has 0 fully saturated rings. The van der Waals surface area contributed by atoms with Crippen LogP contribution in [0.25, 0.3) is 11.1 Å². The molecule has 1 aliphatic rings. The fourth-order valence-electron chi connectivity index (χ4n) is 2.39. The predicted molar refractivity (Wildman–Crippen MR) is 78.5 cm³/mol. The van der Waals surface area contributed by atoms with Crippen molar-refractivity contribution in [1.29, 1.82) is 0 Å². The first-order chi connectivity index (χ1) is 10.5. The third-order valence-electron chi connectivity index (χ3n) is 3.52. The summed E-state index contributed by atoms with van der Waals surface area (Å²) >= 11 is 0. The molecule has 2 aromatic rings. The fourth-order valence-corrected chi connectivity index (χ4v) is 2.39. The molecule has 0 spiro atoms. The molecular weight excluding hydrogens is 286 g/mol. The lowest BCUT2D eigenvalue weighted by Crippen LogP contribution is -2.26. The Kier molecular flexibility index (Phi) is 3.10. The Balaban J connectivity index is 2.17. The molecule has 0 saturated carbocycles. The normalized spacial score (nSPS) is 14.9. The van der Waals surface area contributed by atoms with Crippen molar-refractivity contribution in [3.8, 4) is 0 Å². The van der Waals surface area contributed by atoms with E-state index in [4.69, 9.17) is 0 Å². The monoisotopic (exact) mass is 297 g/mol. The van der Waals surface area contributed by atoms with E-state index in [-0.39, 0.29) is 16.8 Å². The van der Waals surface area contributed by atoms with E-state index < -0.39 is 16.7 Å². The highest BCUT2D eigenvalue weighted by molar-refractivity contribution is 6.48. The van der Waals surface area contributed by atoms with Crippen molar-refractivity contribution in [1.82, 2.24) is 9.88 Å². The van der Waals surface area contributed by atoms with Gasteiger partial charge in [-0.2, -0.15) is 0 Å². The van der Waals surface area contributed by atoms with Crippen LogP contribution in [0.3, 0.4) is 0 Å². The molecule has 2 heterocycles. The number of nitro benzene ring substituents is 1. The van der Waals surface area contributed by atoms with E-state index in [0.29, 0.717) is 11.3 Å². The standard InChI is InChI=1S/C15H11N3O4/c1-17-14(19)12(9-4-6-10(7-5-9)18(21)22)13(15(17)20)11-3-2-8-16-11/h2-8,16H,1H3. The Morgan fingerprint density at radius 1 is 1.05 bits per heavy atom. The fraction of sp³-hybridized carbons (Fsp3) is 0.0667. The van der Waals surface area contributed by atoms with Crippen LogP contribution in [0.5, 0.6) is 0 Å². The van der Waals surface area contributed by atoms with Gasteiger partial charge < -0.3 is 4.98 Å². The van der Waals surface area contributed by atoms with Gasteiger partial charge in [0.25, 0.3) is 17.5 Å². The van der Waals surface area contributed by atoms with Crippen molar-refractivity contribution < 1.29 is 14.5 Å². The molecule has 2 amide bonds. The number of carbonyl (C=O) groups excluding carboxylic acids is 2. The average Bonchev–Trinajstić information content (AvgIpc) is 3.10. The lowest BCUT2D eigenvalue weighted by molar-refractivity contribution is -0.384. The summed E-state index contributed by atoms with van der Waals surface area (Å²) in [4.78, 5) is 38.8. The number of rotatable bonds is 3. The molecule has 22 heavy (non-hydrogen) atoms. The number of imide groups is 1. The van der Waals surface area contributed by atoms with Crippen LogP contribution in [0.2, 0.25) is 0 Å². The minimum atomic E-state index is -0.516. The topological polar surface area (TPSA) is 96.3 Å². The zero-order chi connectivity index (χ0) is 15.9. The summed E-state index contributed by atoms with van der Waals surface area (Å²) in [5.74, 6) is -0.829. The molecular formula is C15H11N3O4. The van der Waals surface area contributed by atoms with E-state index in [0.717, 1.165) is 4.90 Å². The quantitative estimate of drug-likeness (QED) is 0.531. The van der Waals surface area contributed by atoms with Crippen molar-refractivity contribution in [2.75, 3.05) is 7.05 Å². The molecule has 1 aromatic heterocycles. The zero-order valence-corrected chi connectivity index (χ0v) is 11.6. The molecule has 110 valence electrons. The highest BCUT2D eigenvalue weighted by atomic mass is 16.6. The lowest BCUT2D eigenvalue weighted by atomic mass is 9.99. The van der Waals surface area contributed by atoms with Crippen LogP contribution in [0.4, 0.5) is 5.69 Å². The molecule has 3 rings (SSSR count). The Morgan fingerprint density at radius 2 is 1.68 bits per heavy atom. The summed E-state index contributed by atoms with van der Waals surface area (Å²) in [7, 11) is 1.41. The summed E-state index contributed by atoms with van der Waals surface area (Å²) in [5, 5.41) is 10.7. The van der Waals surface area contributed by atoms with Crippen LogP contribution in [0.15, 0.2) is 42.6 Å². The number of hydrogen-bond donors (Lipinski definition) is 1. The van der Waals surface area contributed by atoms with Crippen molar-refractivity contribution in [2.45, 2.75) is 0 Å². The summed E-state index contributed by atoms with van der Waals surface area (Å²) < 4.78 is 0. The highest BCUT2D eigenvalue weighted by Gasteiger charge is 2.37. The number of non-ortho nitro benzene ring substituents is 1. The maximum atomic E-state index is 12.3. The van der Waals surface area contributed by atoms with Gasteiger partial charge in [0.15, 0.2) is 0 Å². The first-order valence-corrected chi connectivity index (χ1v) is 6.46. The highest BCUT2D eigenvalue weighted by Crippen LogP contribution is 2.34. The molecule has 0 radical (unpaired) electrons. The molecule has 7 nitrogen and oxygen atoms in total. The molecule has 1 aliphatic heterocycles. The predicted octanol–water partition coefficient (Wildman–Crippen LogP) is 1.83. The van der Waals surface area contributed by atoms with Crippen molar-refractivity contribution in [3.05, 3.63) is 64.0 Å². The number of amides is 2. The number of likely N-dealkylation sites (N-methyl/N-ethyl adjacent to an activating group) is 1. The number of H-pyrrole nitrogens is 1.